The number of hydrogen-bond donors (Lipinski definition) is 1. The molecule has 1 atom stereocenters. The predicted octanol–water partition coefficient (Wildman–Crippen LogP) is 2.03. The molecule has 1 N–H and O–H groups in total. The normalized spacial score (nSPS) is 22.1. The summed E-state index contributed by atoms with van der Waals surface area (Å²) in [5.41, 5.74) is 1.97. The van der Waals surface area contributed by atoms with Gasteiger partial charge in [-0.05, 0) is 25.5 Å². The third kappa shape index (κ3) is 2.94. The summed E-state index contributed by atoms with van der Waals surface area (Å²) < 4.78 is 2.14. The number of aromatic nitrogens is 2. The first-order valence-corrected chi connectivity index (χ1v) is 8.40. The zero-order valence-corrected chi connectivity index (χ0v) is 14.1. The fourth-order valence-corrected chi connectivity index (χ4v) is 4.13. The summed E-state index contributed by atoms with van der Waals surface area (Å²) in [7, 11) is 2.07. The highest BCUT2D eigenvalue weighted by molar-refractivity contribution is 7.09. The zero-order chi connectivity index (χ0) is 15.7. The standard InChI is InChI=1S/C16H22N4OS/c1-12-10-22-15(17-12)16(18-13(2)21)6-8-20(11-16)9-14-5-4-7-19(14)3/h4-5,7,10H,6,8-9,11H2,1-3H3,(H,18,21). The van der Waals surface area contributed by atoms with E-state index in [0.29, 0.717) is 0 Å². The molecule has 5 nitrogen and oxygen atoms in total. The van der Waals surface area contributed by atoms with Crippen molar-refractivity contribution < 1.29 is 4.79 Å². The fraction of sp³-hybridized carbons (Fsp3) is 0.500. The van der Waals surface area contributed by atoms with Crippen LogP contribution in [0.15, 0.2) is 23.7 Å². The lowest BCUT2D eigenvalue weighted by Gasteiger charge is -2.28. The van der Waals surface area contributed by atoms with Gasteiger partial charge in [0.25, 0.3) is 0 Å². The Morgan fingerprint density at radius 2 is 2.36 bits per heavy atom. The molecule has 2 aromatic heterocycles. The summed E-state index contributed by atoms with van der Waals surface area (Å²) in [6.45, 7) is 6.25. The van der Waals surface area contributed by atoms with Gasteiger partial charge in [0.1, 0.15) is 10.5 Å². The van der Waals surface area contributed by atoms with Crippen LogP contribution < -0.4 is 5.32 Å². The third-order valence-corrected chi connectivity index (χ3v) is 5.39. The summed E-state index contributed by atoms with van der Waals surface area (Å²) in [5.74, 6) is 0.00793. The van der Waals surface area contributed by atoms with E-state index in [1.54, 1.807) is 18.3 Å². The van der Waals surface area contributed by atoms with Crippen LogP contribution in [0.3, 0.4) is 0 Å². The molecule has 3 heterocycles. The summed E-state index contributed by atoms with van der Waals surface area (Å²) in [6, 6.07) is 4.21. The van der Waals surface area contributed by atoms with E-state index in [-0.39, 0.29) is 11.4 Å². The highest BCUT2D eigenvalue weighted by Gasteiger charge is 2.42. The second-order valence-corrected chi connectivity index (χ2v) is 6.99. The fourth-order valence-electron chi connectivity index (χ4n) is 3.15. The molecule has 0 aliphatic carbocycles. The van der Waals surface area contributed by atoms with Crippen molar-refractivity contribution in [1.29, 1.82) is 0 Å². The number of hydrogen-bond acceptors (Lipinski definition) is 4. The number of nitrogens with one attached hydrogen (secondary N) is 1. The first-order chi connectivity index (χ1) is 10.5. The van der Waals surface area contributed by atoms with Crippen LogP contribution in [-0.2, 0) is 23.9 Å². The molecule has 22 heavy (non-hydrogen) atoms. The lowest BCUT2D eigenvalue weighted by atomic mass is 9.99. The molecule has 0 saturated carbocycles. The van der Waals surface area contributed by atoms with Crippen molar-refractivity contribution in [1.82, 2.24) is 19.8 Å². The number of likely N-dealkylation sites (tertiary alicyclic amines) is 1. The van der Waals surface area contributed by atoms with Gasteiger partial charge in [-0.25, -0.2) is 4.98 Å². The van der Waals surface area contributed by atoms with Crippen LogP contribution in [0.5, 0.6) is 0 Å². The van der Waals surface area contributed by atoms with Gasteiger partial charge in [0.2, 0.25) is 5.91 Å². The van der Waals surface area contributed by atoms with E-state index in [4.69, 9.17) is 0 Å². The van der Waals surface area contributed by atoms with Crippen LogP contribution in [0.1, 0.15) is 29.7 Å². The molecule has 0 spiro atoms. The van der Waals surface area contributed by atoms with Crippen molar-refractivity contribution in [2.75, 3.05) is 13.1 Å². The molecule has 3 rings (SSSR count). The molecule has 1 aliphatic heterocycles. The maximum absolute atomic E-state index is 11.7. The Hall–Kier alpha value is -1.66. The Balaban J connectivity index is 1.80. The molecule has 0 bridgehead atoms. The Labute approximate surface area is 135 Å². The molecule has 1 fully saturated rings. The minimum absolute atomic E-state index is 0.00793. The van der Waals surface area contributed by atoms with Crippen LogP contribution in [0.25, 0.3) is 0 Å². The van der Waals surface area contributed by atoms with E-state index in [1.807, 2.05) is 6.92 Å². The van der Waals surface area contributed by atoms with Crippen LogP contribution >= 0.6 is 11.3 Å². The van der Waals surface area contributed by atoms with E-state index < -0.39 is 0 Å². The Bertz CT molecular complexity index is 677. The average Bonchev–Trinajstić information content (AvgIpc) is 3.13. The Morgan fingerprint density at radius 1 is 1.55 bits per heavy atom. The lowest BCUT2D eigenvalue weighted by molar-refractivity contribution is -0.120. The number of nitrogens with zero attached hydrogens (tertiary/aromatic N) is 3. The number of carbonyl (C=O) groups excluding carboxylic acids is 1. The molecular weight excluding hydrogens is 296 g/mol. The van der Waals surface area contributed by atoms with Crippen molar-refractivity contribution in [3.8, 4) is 0 Å². The van der Waals surface area contributed by atoms with Crippen molar-refractivity contribution in [2.45, 2.75) is 32.4 Å². The molecule has 0 aromatic carbocycles. The van der Waals surface area contributed by atoms with Crippen LogP contribution in [-0.4, -0.2) is 33.4 Å². The largest absolute Gasteiger partial charge is 0.353 e. The van der Waals surface area contributed by atoms with Gasteiger partial charge < -0.3 is 9.88 Å². The van der Waals surface area contributed by atoms with Gasteiger partial charge in [-0.15, -0.1) is 11.3 Å². The second-order valence-electron chi connectivity index (χ2n) is 6.13. The highest BCUT2D eigenvalue weighted by Crippen LogP contribution is 2.34. The molecular formula is C16H22N4OS. The van der Waals surface area contributed by atoms with Crippen LogP contribution in [0.4, 0.5) is 0 Å². The number of amides is 1. The summed E-state index contributed by atoms with van der Waals surface area (Å²) in [6.07, 6.45) is 2.97. The van der Waals surface area contributed by atoms with E-state index in [9.17, 15) is 4.79 Å². The SMILES string of the molecule is CC(=O)NC1(c2nc(C)cs2)CCN(Cc2cccn2C)C1. The monoisotopic (exact) mass is 318 g/mol. The molecule has 6 heteroatoms. The Morgan fingerprint density at radius 3 is 2.95 bits per heavy atom. The quantitative estimate of drug-likeness (QED) is 0.938. The Kier molecular flexibility index (Phi) is 4.06. The second kappa shape index (κ2) is 5.85. The first kappa shape index (κ1) is 15.2. The van der Waals surface area contributed by atoms with Gasteiger partial charge in [0, 0.05) is 56.6 Å². The van der Waals surface area contributed by atoms with Crippen molar-refractivity contribution in [2.24, 2.45) is 7.05 Å². The summed E-state index contributed by atoms with van der Waals surface area (Å²) >= 11 is 1.64. The smallest absolute Gasteiger partial charge is 0.217 e. The number of thiazole rings is 1. The molecule has 118 valence electrons. The number of carbonyl (C=O) groups is 1. The van der Waals surface area contributed by atoms with Crippen molar-refractivity contribution in [3.05, 3.63) is 40.1 Å². The van der Waals surface area contributed by atoms with Crippen molar-refractivity contribution in [3.63, 3.8) is 0 Å². The molecule has 1 saturated heterocycles. The first-order valence-electron chi connectivity index (χ1n) is 7.52. The van der Waals surface area contributed by atoms with E-state index in [1.165, 1.54) is 5.69 Å². The van der Waals surface area contributed by atoms with Crippen LogP contribution in [0.2, 0.25) is 0 Å². The van der Waals surface area contributed by atoms with E-state index >= 15 is 0 Å². The maximum Gasteiger partial charge on any atom is 0.217 e. The summed E-state index contributed by atoms with van der Waals surface area (Å²) in [4.78, 5) is 18.7. The predicted molar refractivity (Wildman–Crippen MR) is 87.7 cm³/mol. The maximum atomic E-state index is 11.7. The van der Waals surface area contributed by atoms with Gasteiger partial charge in [-0.3, -0.25) is 9.69 Å². The highest BCUT2D eigenvalue weighted by atomic mass is 32.1. The van der Waals surface area contributed by atoms with E-state index in [2.05, 4.69) is 50.5 Å². The van der Waals surface area contributed by atoms with Crippen LogP contribution in [0, 0.1) is 6.92 Å². The van der Waals surface area contributed by atoms with Gasteiger partial charge >= 0.3 is 0 Å². The van der Waals surface area contributed by atoms with Gasteiger partial charge in [-0.2, -0.15) is 0 Å². The average molecular weight is 318 g/mol. The van der Waals surface area contributed by atoms with Gasteiger partial charge in [-0.1, -0.05) is 0 Å². The van der Waals surface area contributed by atoms with Crippen molar-refractivity contribution >= 4 is 17.2 Å². The van der Waals surface area contributed by atoms with Gasteiger partial charge in [0.15, 0.2) is 0 Å². The third-order valence-electron chi connectivity index (χ3n) is 4.23. The van der Waals surface area contributed by atoms with Gasteiger partial charge in [0.05, 0.1) is 0 Å². The molecule has 0 radical (unpaired) electrons. The molecule has 1 aliphatic rings. The minimum Gasteiger partial charge on any atom is -0.353 e. The molecule has 1 amide bonds. The minimum atomic E-state index is -0.337. The number of aryl methyl sites for hydroxylation is 2. The van der Waals surface area contributed by atoms with E-state index in [0.717, 1.165) is 36.8 Å². The summed E-state index contributed by atoms with van der Waals surface area (Å²) in [5, 5.41) is 6.25. The number of rotatable bonds is 4. The molecule has 1 unspecified atom stereocenters. The zero-order valence-electron chi connectivity index (χ0n) is 13.3. The lowest BCUT2D eigenvalue weighted by Crippen LogP contribution is -2.47. The topological polar surface area (TPSA) is 50.2 Å². The molecule has 2 aromatic rings.